The molecule has 1 aromatic carbocycles. The first-order valence-corrected chi connectivity index (χ1v) is 9.44. The molecule has 25 heavy (non-hydrogen) atoms. The lowest BCUT2D eigenvalue weighted by Gasteiger charge is -2.36. The molecule has 1 N–H and O–H groups in total. The van der Waals surface area contributed by atoms with Crippen LogP contribution in [0.1, 0.15) is 45.6 Å². The Morgan fingerprint density at radius 3 is 2.56 bits per heavy atom. The van der Waals surface area contributed by atoms with Crippen LogP contribution in [-0.4, -0.2) is 26.7 Å². The van der Waals surface area contributed by atoms with Crippen LogP contribution in [0.4, 0.5) is 0 Å². The molecule has 0 heterocycles. The van der Waals surface area contributed by atoms with Gasteiger partial charge in [-0.25, -0.2) is 0 Å². The molecule has 0 aromatic heterocycles. The van der Waals surface area contributed by atoms with Crippen LogP contribution in [0.25, 0.3) is 0 Å². The number of carbonyl (C=O) groups excluding carboxylic acids is 1. The van der Waals surface area contributed by atoms with Crippen molar-refractivity contribution < 1.29 is 14.3 Å². The van der Waals surface area contributed by atoms with Crippen molar-refractivity contribution in [1.29, 1.82) is 0 Å². The summed E-state index contributed by atoms with van der Waals surface area (Å²) in [5.74, 6) is 3.57. The van der Waals surface area contributed by atoms with Crippen molar-refractivity contribution >= 4 is 5.91 Å². The van der Waals surface area contributed by atoms with Crippen molar-refractivity contribution in [2.75, 3.05) is 20.8 Å². The van der Waals surface area contributed by atoms with Gasteiger partial charge >= 0.3 is 0 Å². The van der Waals surface area contributed by atoms with Gasteiger partial charge in [-0.1, -0.05) is 33.3 Å². The van der Waals surface area contributed by atoms with Crippen molar-refractivity contribution in [3.63, 3.8) is 0 Å². The fraction of sp³-hybridized carbons (Fsp3) is 0.667. The number of hydrogen-bond donors (Lipinski definition) is 1. The first-order valence-electron chi connectivity index (χ1n) is 9.44. The van der Waals surface area contributed by atoms with Gasteiger partial charge < -0.3 is 14.8 Å². The molecule has 0 unspecified atom stereocenters. The van der Waals surface area contributed by atoms with E-state index in [0.29, 0.717) is 24.3 Å². The van der Waals surface area contributed by atoms with Crippen molar-refractivity contribution in [3.8, 4) is 11.5 Å². The second-order valence-electron chi connectivity index (χ2n) is 7.66. The molecule has 1 fully saturated rings. The number of methoxy groups -OCH3 is 2. The molecule has 3 atom stereocenters. The normalized spacial score (nSPS) is 23.4. The molecule has 140 valence electrons. The topological polar surface area (TPSA) is 47.6 Å². The van der Waals surface area contributed by atoms with Gasteiger partial charge in [0.1, 0.15) is 0 Å². The maximum Gasteiger partial charge on any atom is 0.223 e. The number of benzene rings is 1. The number of ether oxygens (including phenoxy) is 2. The van der Waals surface area contributed by atoms with E-state index in [-0.39, 0.29) is 11.8 Å². The van der Waals surface area contributed by atoms with E-state index in [0.717, 1.165) is 29.9 Å². The van der Waals surface area contributed by atoms with Crippen LogP contribution in [0.5, 0.6) is 11.5 Å². The zero-order chi connectivity index (χ0) is 18.4. The third-order valence-electron chi connectivity index (χ3n) is 5.52. The zero-order valence-corrected chi connectivity index (χ0v) is 16.3. The predicted octanol–water partition coefficient (Wildman–Crippen LogP) is 4.07. The Balaban J connectivity index is 1.91. The van der Waals surface area contributed by atoms with Gasteiger partial charge in [0.25, 0.3) is 0 Å². The summed E-state index contributed by atoms with van der Waals surface area (Å²) in [6.07, 6.45) is 4.23. The molecule has 0 spiro atoms. The molecule has 4 heteroatoms. The minimum Gasteiger partial charge on any atom is -0.493 e. The molecule has 1 aliphatic rings. The van der Waals surface area contributed by atoms with Gasteiger partial charge in [-0.2, -0.15) is 0 Å². The molecule has 4 nitrogen and oxygen atoms in total. The fourth-order valence-corrected chi connectivity index (χ4v) is 4.00. The lowest BCUT2D eigenvalue weighted by Crippen LogP contribution is -2.40. The Labute approximate surface area is 152 Å². The first-order chi connectivity index (χ1) is 12.0. The standard InChI is InChI=1S/C21H33NO3/c1-14(2)17-8-6-15(3)12-18(17)21(23)22-11-10-16-7-9-19(24-4)20(13-16)25-5/h7,9,13-15,17-18H,6,8,10-12H2,1-5H3,(H,22,23)/t15-,17+,18+/m0/s1. The molecule has 0 radical (unpaired) electrons. The third-order valence-corrected chi connectivity index (χ3v) is 5.52. The fourth-order valence-electron chi connectivity index (χ4n) is 4.00. The van der Waals surface area contributed by atoms with Gasteiger partial charge in [-0.15, -0.1) is 0 Å². The SMILES string of the molecule is COc1ccc(CCNC(=O)[C@@H]2C[C@@H](C)CC[C@@H]2C(C)C)cc1OC. The maximum atomic E-state index is 12.7. The summed E-state index contributed by atoms with van der Waals surface area (Å²) >= 11 is 0. The lowest BCUT2D eigenvalue weighted by atomic mass is 9.70. The molecule has 1 aliphatic carbocycles. The van der Waals surface area contributed by atoms with Crippen molar-refractivity contribution in [2.45, 2.75) is 46.5 Å². The third kappa shape index (κ3) is 5.13. The summed E-state index contributed by atoms with van der Waals surface area (Å²) < 4.78 is 10.6. The van der Waals surface area contributed by atoms with Crippen LogP contribution in [0.15, 0.2) is 18.2 Å². The van der Waals surface area contributed by atoms with Crippen LogP contribution in [0.2, 0.25) is 0 Å². The summed E-state index contributed by atoms with van der Waals surface area (Å²) in [5.41, 5.74) is 1.13. The molecule has 0 saturated heterocycles. The minimum absolute atomic E-state index is 0.161. The molecule has 0 aliphatic heterocycles. The molecule has 2 rings (SSSR count). The van der Waals surface area contributed by atoms with Crippen LogP contribution >= 0.6 is 0 Å². The van der Waals surface area contributed by atoms with Crippen LogP contribution in [0.3, 0.4) is 0 Å². The van der Waals surface area contributed by atoms with Gasteiger partial charge in [0.15, 0.2) is 11.5 Å². The Morgan fingerprint density at radius 2 is 1.92 bits per heavy atom. The van der Waals surface area contributed by atoms with E-state index >= 15 is 0 Å². The lowest BCUT2D eigenvalue weighted by molar-refractivity contribution is -0.129. The number of hydrogen-bond acceptors (Lipinski definition) is 3. The zero-order valence-electron chi connectivity index (χ0n) is 16.3. The quantitative estimate of drug-likeness (QED) is 0.809. The molecular formula is C21H33NO3. The van der Waals surface area contributed by atoms with Crippen LogP contribution in [0, 0.1) is 23.7 Å². The smallest absolute Gasteiger partial charge is 0.223 e. The maximum absolute atomic E-state index is 12.7. The number of rotatable bonds is 7. The van der Waals surface area contributed by atoms with E-state index in [4.69, 9.17) is 9.47 Å². The average molecular weight is 347 g/mol. The highest BCUT2D eigenvalue weighted by atomic mass is 16.5. The van der Waals surface area contributed by atoms with Crippen molar-refractivity contribution in [3.05, 3.63) is 23.8 Å². The summed E-state index contributed by atoms with van der Waals surface area (Å²) in [4.78, 5) is 12.7. The minimum atomic E-state index is 0.161. The number of carbonyl (C=O) groups is 1. The highest BCUT2D eigenvalue weighted by Crippen LogP contribution is 2.38. The summed E-state index contributed by atoms with van der Waals surface area (Å²) in [5, 5.41) is 3.16. The highest BCUT2D eigenvalue weighted by molar-refractivity contribution is 5.79. The Hall–Kier alpha value is -1.71. The molecule has 1 amide bonds. The van der Waals surface area contributed by atoms with Gasteiger partial charge in [0.05, 0.1) is 14.2 Å². The highest BCUT2D eigenvalue weighted by Gasteiger charge is 2.35. The van der Waals surface area contributed by atoms with E-state index in [1.54, 1.807) is 14.2 Å². The first kappa shape index (κ1) is 19.6. The van der Waals surface area contributed by atoms with E-state index in [1.165, 1.54) is 12.8 Å². The molecule has 0 bridgehead atoms. The number of nitrogens with one attached hydrogen (secondary N) is 1. The van der Waals surface area contributed by atoms with E-state index in [2.05, 4.69) is 26.1 Å². The Kier molecular flexibility index (Phi) is 7.15. The van der Waals surface area contributed by atoms with E-state index < -0.39 is 0 Å². The predicted molar refractivity (Wildman–Crippen MR) is 101 cm³/mol. The summed E-state index contributed by atoms with van der Waals surface area (Å²) in [6.45, 7) is 7.40. The Morgan fingerprint density at radius 1 is 1.20 bits per heavy atom. The van der Waals surface area contributed by atoms with Gasteiger partial charge in [0.2, 0.25) is 5.91 Å². The average Bonchev–Trinajstić information content (AvgIpc) is 2.61. The van der Waals surface area contributed by atoms with E-state index in [9.17, 15) is 4.79 Å². The van der Waals surface area contributed by atoms with Crippen LogP contribution in [-0.2, 0) is 11.2 Å². The Bertz CT molecular complexity index is 570. The van der Waals surface area contributed by atoms with Gasteiger partial charge in [-0.05, 0) is 54.7 Å². The second kappa shape index (κ2) is 9.12. The molecule has 1 aromatic rings. The number of amides is 1. The molecular weight excluding hydrogens is 314 g/mol. The van der Waals surface area contributed by atoms with Crippen LogP contribution < -0.4 is 14.8 Å². The summed E-state index contributed by atoms with van der Waals surface area (Å²) in [6, 6.07) is 5.91. The molecule has 1 saturated carbocycles. The van der Waals surface area contributed by atoms with Gasteiger partial charge in [-0.3, -0.25) is 4.79 Å². The van der Waals surface area contributed by atoms with E-state index in [1.807, 2.05) is 18.2 Å². The summed E-state index contributed by atoms with van der Waals surface area (Å²) in [7, 11) is 3.27. The monoisotopic (exact) mass is 347 g/mol. The second-order valence-corrected chi connectivity index (χ2v) is 7.66. The largest absolute Gasteiger partial charge is 0.493 e. The van der Waals surface area contributed by atoms with Gasteiger partial charge in [0, 0.05) is 12.5 Å². The van der Waals surface area contributed by atoms with Crippen molar-refractivity contribution in [2.24, 2.45) is 23.7 Å². The van der Waals surface area contributed by atoms with Crippen molar-refractivity contribution in [1.82, 2.24) is 5.32 Å².